The van der Waals surface area contributed by atoms with Gasteiger partial charge in [-0.15, -0.1) is 0 Å². The van der Waals surface area contributed by atoms with Crippen molar-refractivity contribution in [3.05, 3.63) is 0 Å². The molecule has 0 unspecified atom stereocenters. The first kappa shape index (κ1) is 23.6. The van der Waals surface area contributed by atoms with Gasteiger partial charge in [0.2, 0.25) is 0 Å². The summed E-state index contributed by atoms with van der Waals surface area (Å²) in [5, 5.41) is 21.2. The fourth-order valence-electron chi connectivity index (χ4n) is 1.05. The number of aliphatic hydroxyl groups is 2. The zero-order chi connectivity index (χ0) is 17.8. The first-order valence-electron chi connectivity index (χ1n) is 7.06. The van der Waals surface area contributed by atoms with Crippen LogP contribution >= 0.6 is 0 Å². The molecular formula is C12H28N4O7. The Balaban J connectivity index is 0. The number of urea groups is 2. The summed E-state index contributed by atoms with van der Waals surface area (Å²) in [5.41, 5.74) is 9.59. The molecule has 0 fully saturated rings. The number of ether oxygens (including phenoxy) is 3. The summed E-state index contributed by atoms with van der Waals surface area (Å²) in [6.45, 7) is 3.14. The Hall–Kier alpha value is -1.66. The van der Waals surface area contributed by atoms with Crippen molar-refractivity contribution in [1.29, 1.82) is 0 Å². The summed E-state index contributed by atoms with van der Waals surface area (Å²) in [6.07, 6.45) is 0. The standard InChI is InChI=1S/C6H14N4O3.C6H14O4/c7-5(11)9-1-3-13-4-2-10-6(8)12;7-1-3-9-5-6-10-4-2-8/h1-4H2,(H3,7,9,11)(H3,8,10,12);7-8H,1-6H2. The van der Waals surface area contributed by atoms with E-state index < -0.39 is 12.1 Å². The summed E-state index contributed by atoms with van der Waals surface area (Å²) < 4.78 is 14.7. The lowest BCUT2D eigenvalue weighted by atomic mass is 10.6. The Morgan fingerprint density at radius 2 is 1.04 bits per heavy atom. The lowest BCUT2D eigenvalue weighted by Gasteiger charge is -2.04. The van der Waals surface area contributed by atoms with E-state index in [0.29, 0.717) is 52.7 Å². The number of nitrogens with two attached hydrogens (primary N) is 2. The monoisotopic (exact) mass is 340 g/mol. The molecule has 0 saturated carbocycles. The Kier molecular flexibility index (Phi) is 20.9. The molecule has 0 aliphatic heterocycles. The lowest BCUT2D eigenvalue weighted by Crippen LogP contribution is -2.34. The van der Waals surface area contributed by atoms with Gasteiger partial charge in [0.15, 0.2) is 0 Å². The molecule has 0 saturated heterocycles. The van der Waals surface area contributed by atoms with Crippen LogP contribution in [0.1, 0.15) is 0 Å². The molecular weight excluding hydrogens is 312 g/mol. The average molecular weight is 340 g/mol. The molecule has 4 amide bonds. The summed E-state index contributed by atoms with van der Waals surface area (Å²) in [4.78, 5) is 20.3. The predicted molar refractivity (Wildman–Crippen MR) is 81.8 cm³/mol. The van der Waals surface area contributed by atoms with Crippen molar-refractivity contribution in [3.8, 4) is 0 Å². The van der Waals surface area contributed by atoms with Crippen molar-refractivity contribution in [2.75, 3.05) is 65.9 Å². The summed E-state index contributed by atoms with van der Waals surface area (Å²) >= 11 is 0. The lowest BCUT2D eigenvalue weighted by molar-refractivity contribution is 0.0222. The van der Waals surface area contributed by atoms with Gasteiger partial charge in [-0.2, -0.15) is 0 Å². The zero-order valence-electron chi connectivity index (χ0n) is 13.2. The van der Waals surface area contributed by atoms with E-state index >= 15 is 0 Å². The van der Waals surface area contributed by atoms with E-state index in [0.717, 1.165) is 0 Å². The van der Waals surface area contributed by atoms with E-state index in [1.807, 2.05) is 0 Å². The van der Waals surface area contributed by atoms with Crippen LogP contribution in [0.4, 0.5) is 9.59 Å². The van der Waals surface area contributed by atoms with E-state index in [1.54, 1.807) is 0 Å². The number of amides is 4. The highest BCUT2D eigenvalue weighted by atomic mass is 16.5. The molecule has 0 heterocycles. The van der Waals surface area contributed by atoms with Gasteiger partial charge in [-0.1, -0.05) is 0 Å². The molecule has 0 rings (SSSR count). The molecule has 0 radical (unpaired) electrons. The van der Waals surface area contributed by atoms with Crippen molar-refractivity contribution in [2.45, 2.75) is 0 Å². The third-order valence-electron chi connectivity index (χ3n) is 1.93. The van der Waals surface area contributed by atoms with E-state index in [-0.39, 0.29) is 13.2 Å². The molecule has 0 atom stereocenters. The zero-order valence-corrected chi connectivity index (χ0v) is 13.2. The van der Waals surface area contributed by atoms with Gasteiger partial charge in [0, 0.05) is 13.1 Å². The van der Waals surface area contributed by atoms with Crippen molar-refractivity contribution in [2.24, 2.45) is 11.5 Å². The molecule has 0 aromatic carbocycles. The second-order valence-electron chi connectivity index (χ2n) is 3.87. The van der Waals surface area contributed by atoms with Crippen LogP contribution in [0.15, 0.2) is 0 Å². The number of hydrogen-bond acceptors (Lipinski definition) is 7. The molecule has 0 aromatic heterocycles. The minimum atomic E-state index is -0.584. The van der Waals surface area contributed by atoms with Crippen LogP contribution in [0.2, 0.25) is 0 Å². The van der Waals surface area contributed by atoms with E-state index in [2.05, 4.69) is 10.6 Å². The van der Waals surface area contributed by atoms with Crippen molar-refractivity contribution >= 4 is 12.1 Å². The quantitative estimate of drug-likeness (QED) is 0.198. The van der Waals surface area contributed by atoms with Gasteiger partial charge in [0.1, 0.15) is 0 Å². The Bertz CT molecular complexity index is 256. The molecule has 0 bridgehead atoms. The fourth-order valence-corrected chi connectivity index (χ4v) is 1.05. The van der Waals surface area contributed by atoms with E-state index in [9.17, 15) is 9.59 Å². The number of hydrogen-bond donors (Lipinski definition) is 6. The minimum Gasteiger partial charge on any atom is -0.394 e. The third kappa shape index (κ3) is 29.1. The number of primary amides is 2. The van der Waals surface area contributed by atoms with Crippen molar-refractivity contribution < 1.29 is 34.0 Å². The third-order valence-corrected chi connectivity index (χ3v) is 1.93. The Labute approximate surface area is 135 Å². The molecule has 11 heteroatoms. The number of nitrogens with one attached hydrogen (secondary N) is 2. The number of rotatable bonds is 13. The fraction of sp³-hybridized carbons (Fsp3) is 0.833. The molecule has 11 nitrogen and oxygen atoms in total. The van der Waals surface area contributed by atoms with Gasteiger partial charge < -0.3 is 46.5 Å². The maximum Gasteiger partial charge on any atom is 0.312 e. The molecule has 138 valence electrons. The second kappa shape index (κ2) is 20.3. The average Bonchev–Trinajstić information content (AvgIpc) is 2.50. The largest absolute Gasteiger partial charge is 0.394 e. The SMILES string of the molecule is NC(=O)NCCOCCNC(N)=O.OCCOCCOCCO. The minimum absolute atomic E-state index is 0.0417. The van der Waals surface area contributed by atoms with Gasteiger partial charge in [-0.3, -0.25) is 0 Å². The maximum absolute atomic E-state index is 10.2. The van der Waals surface area contributed by atoms with Gasteiger partial charge in [-0.25, -0.2) is 9.59 Å². The topological polar surface area (TPSA) is 178 Å². The van der Waals surface area contributed by atoms with E-state index in [1.165, 1.54) is 0 Å². The van der Waals surface area contributed by atoms with Crippen LogP contribution in [-0.2, 0) is 14.2 Å². The van der Waals surface area contributed by atoms with Gasteiger partial charge in [-0.05, 0) is 0 Å². The van der Waals surface area contributed by atoms with Gasteiger partial charge in [0.25, 0.3) is 0 Å². The highest BCUT2D eigenvalue weighted by molar-refractivity contribution is 5.71. The van der Waals surface area contributed by atoms with Crippen LogP contribution in [0.5, 0.6) is 0 Å². The van der Waals surface area contributed by atoms with Crippen LogP contribution in [0, 0.1) is 0 Å². The van der Waals surface area contributed by atoms with Crippen LogP contribution in [0.25, 0.3) is 0 Å². The van der Waals surface area contributed by atoms with Crippen molar-refractivity contribution in [3.63, 3.8) is 0 Å². The highest BCUT2D eigenvalue weighted by Gasteiger charge is 1.92. The molecule has 0 aromatic rings. The summed E-state index contributed by atoms with van der Waals surface area (Å²) in [5.74, 6) is 0. The predicted octanol–water partition coefficient (Wildman–Crippen LogP) is -2.66. The van der Waals surface area contributed by atoms with E-state index in [4.69, 9.17) is 35.9 Å². The van der Waals surface area contributed by atoms with Crippen LogP contribution in [0.3, 0.4) is 0 Å². The maximum atomic E-state index is 10.2. The first-order chi connectivity index (χ1) is 11.0. The van der Waals surface area contributed by atoms with Gasteiger partial charge >= 0.3 is 12.1 Å². The summed E-state index contributed by atoms with van der Waals surface area (Å²) in [7, 11) is 0. The Morgan fingerprint density at radius 3 is 1.35 bits per heavy atom. The molecule has 8 N–H and O–H groups in total. The number of aliphatic hydroxyl groups excluding tert-OH is 2. The van der Waals surface area contributed by atoms with Gasteiger partial charge in [0.05, 0.1) is 52.9 Å². The first-order valence-corrected chi connectivity index (χ1v) is 7.06. The smallest absolute Gasteiger partial charge is 0.312 e. The molecule has 0 aliphatic rings. The number of carbonyl (C=O) groups excluding carboxylic acids is 2. The van der Waals surface area contributed by atoms with Crippen LogP contribution < -0.4 is 22.1 Å². The Morgan fingerprint density at radius 1 is 0.696 bits per heavy atom. The van der Waals surface area contributed by atoms with Crippen LogP contribution in [-0.4, -0.2) is 88.2 Å². The molecule has 0 spiro atoms. The highest BCUT2D eigenvalue weighted by Crippen LogP contribution is 1.76. The molecule has 0 aliphatic carbocycles. The second-order valence-corrected chi connectivity index (χ2v) is 3.87. The summed E-state index contributed by atoms with van der Waals surface area (Å²) in [6, 6.07) is -1.17. The van der Waals surface area contributed by atoms with Crippen molar-refractivity contribution in [1.82, 2.24) is 10.6 Å². The number of carbonyl (C=O) groups is 2. The normalized spacial score (nSPS) is 9.65. The molecule has 23 heavy (non-hydrogen) atoms.